The molecular formula is C22H14ClF3N2O4S. The van der Waals surface area contributed by atoms with E-state index >= 15 is 0 Å². The molecule has 0 fully saturated rings. The van der Waals surface area contributed by atoms with Gasteiger partial charge in [-0.2, -0.15) is 5.26 Å². The first-order valence-corrected chi connectivity index (χ1v) is 11.2. The van der Waals surface area contributed by atoms with Crippen molar-refractivity contribution in [2.75, 3.05) is 11.1 Å². The summed E-state index contributed by atoms with van der Waals surface area (Å²) in [4.78, 5) is 12.5. The highest BCUT2D eigenvalue weighted by atomic mass is 35.5. The summed E-state index contributed by atoms with van der Waals surface area (Å²) in [6, 6.07) is 11.4. The minimum absolute atomic E-state index is 0.00633. The Morgan fingerprint density at radius 1 is 1.06 bits per heavy atom. The first-order valence-electron chi connectivity index (χ1n) is 9.13. The predicted octanol–water partition coefficient (Wildman–Crippen LogP) is 3.93. The van der Waals surface area contributed by atoms with E-state index in [1.165, 1.54) is 18.2 Å². The van der Waals surface area contributed by atoms with E-state index < -0.39 is 55.0 Å². The number of benzene rings is 3. The molecule has 0 saturated heterocycles. The van der Waals surface area contributed by atoms with Gasteiger partial charge in [0.05, 0.1) is 21.2 Å². The topological polar surface area (TPSA) is 107 Å². The van der Waals surface area contributed by atoms with Crippen molar-refractivity contribution in [2.45, 2.75) is 10.5 Å². The molecule has 3 aromatic rings. The molecule has 170 valence electrons. The summed E-state index contributed by atoms with van der Waals surface area (Å²) in [5.74, 6) is -6.21. The summed E-state index contributed by atoms with van der Waals surface area (Å²) in [5.41, 5.74) is -3.38. The van der Waals surface area contributed by atoms with Crippen LogP contribution in [-0.4, -0.2) is 25.2 Å². The average molecular weight is 495 g/mol. The predicted molar refractivity (Wildman–Crippen MR) is 114 cm³/mol. The minimum atomic E-state index is -4.50. The van der Waals surface area contributed by atoms with Gasteiger partial charge in [-0.3, -0.25) is 4.79 Å². The van der Waals surface area contributed by atoms with Gasteiger partial charge in [-0.25, -0.2) is 21.6 Å². The molecule has 0 bridgehead atoms. The zero-order valence-corrected chi connectivity index (χ0v) is 18.1. The van der Waals surface area contributed by atoms with Crippen LogP contribution in [0.3, 0.4) is 0 Å². The summed E-state index contributed by atoms with van der Waals surface area (Å²) in [6.07, 6.45) is 0. The fraction of sp³-hybridized carbons (Fsp3) is 0.0909. The van der Waals surface area contributed by atoms with Crippen molar-refractivity contribution in [2.24, 2.45) is 0 Å². The molecule has 11 heteroatoms. The van der Waals surface area contributed by atoms with Gasteiger partial charge in [-0.1, -0.05) is 23.7 Å². The number of nitriles is 1. The van der Waals surface area contributed by atoms with Gasteiger partial charge in [-0.15, -0.1) is 0 Å². The summed E-state index contributed by atoms with van der Waals surface area (Å²) in [5, 5.41) is 22.4. The van der Waals surface area contributed by atoms with Crippen LogP contribution in [0, 0.1) is 28.8 Å². The number of carbonyl (C=O) groups excluding carboxylic acids is 1. The Balaban J connectivity index is 2.07. The van der Waals surface area contributed by atoms with Gasteiger partial charge in [0.25, 0.3) is 5.91 Å². The first-order chi connectivity index (χ1) is 15.5. The number of halogens is 4. The van der Waals surface area contributed by atoms with E-state index in [-0.39, 0.29) is 16.3 Å². The lowest BCUT2D eigenvalue weighted by molar-refractivity contribution is -0.132. The highest BCUT2D eigenvalue weighted by Crippen LogP contribution is 2.30. The van der Waals surface area contributed by atoms with Crippen LogP contribution in [-0.2, 0) is 20.2 Å². The lowest BCUT2D eigenvalue weighted by atomic mass is 9.94. The van der Waals surface area contributed by atoms with Crippen molar-refractivity contribution < 1.29 is 31.5 Å². The lowest BCUT2D eigenvalue weighted by Crippen LogP contribution is -2.46. The highest BCUT2D eigenvalue weighted by Gasteiger charge is 2.43. The third-order valence-electron chi connectivity index (χ3n) is 4.67. The minimum Gasteiger partial charge on any atom is -0.374 e. The van der Waals surface area contributed by atoms with Crippen molar-refractivity contribution in [1.29, 1.82) is 5.26 Å². The number of rotatable bonds is 6. The second kappa shape index (κ2) is 9.23. The van der Waals surface area contributed by atoms with Crippen LogP contribution in [0.25, 0.3) is 0 Å². The molecule has 0 aliphatic rings. The van der Waals surface area contributed by atoms with Crippen LogP contribution in [0.2, 0.25) is 5.02 Å². The molecule has 0 heterocycles. The third kappa shape index (κ3) is 5.17. The van der Waals surface area contributed by atoms with Crippen LogP contribution in [0.15, 0.2) is 65.6 Å². The van der Waals surface area contributed by atoms with Gasteiger partial charge < -0.3 is 10.4 Å². The Labute approximate surface area is 191 Å². The molecule has 1 unspecified atom stereocenters. The third-order valence-corrected chi connectivity index (χ3v) is 6.76. The molecule has 0 spiro atoms. The second-order valence-electron chi connectivity index (χ2n) is 6.97. The molecule has 0 saturated carbocycles. The highest BCUT2D eigenvalue weighted by molar-refractivity contribution is 7.91. The number of anilines is 1. The molecule has 1 atom stereocenters. The van der Waals surface area contributed by atoms with Crippen molar-refractivity contribution >= 4 is 33.0 Å². The molecule has 0 aliphatic carbocycles. The molecule has 0 aliphatic heterocycles. The largest absolute Gasteiger partial charge is 0.374 e. The van der Waals surface area contributed by atoms with Crippen LogP contribution < -0.4 is 5.32 Å². The zero-order valence-electron chi connectivity index (χ0n) is 16.5. The van der Waals surface area contributed by atoms with Crippen molar-refractivity contribution in [1.82, 2.24) is 0 Å². The normalized spacial score (nSPS) is 13.1. The maximum Gasteiger partial charge on any atom is 0.262 e. The second-order valence-corrected chi connectivity index (χ2v) is 9.36. The van der Waals surface area contributed by atoms with Crippen LogP contribution in [0.4, 0.5) is 18.9 Å². The van der Waals surface area contributed by atoms with Crippen LogP contribution in [0.5, 0.6) is 0 Å². The van der Waals surface area contributed by atoms with Gasteiger partial charge in [0, 0.05) is 5.69 Å². The van der Waals surface area contributed by atoms with E-state index in [2.05, 4.69) is 5.32 Å². The van der Waals surface area contributed by atoms with Crippen molar-refractivity contribution in [3.8, 4) is 6.07 Å². The Bertz CT molecular complexity index is 1390. The summed E-state index contributed by atoms with van der Waals surface area (Å²) < 4.78 is 66.7. The van der Waals surface area contributed by atoms with Gasteiger partial charge >= 0.3 is 0 Å². The Morgan fingerprint density at radius 2 is 1.79 bits per heavy atom. The number of carbonyl (C=O) groups is 1. The van der Waals surface area contributed by atoms with Crippen LogP contribution in [0.1, 0.15) is 11.1 Å². The Hall–Kier alpha value is -3.39. The summed E-state index contributed by atoms with van der Waals surface area (Å²) >= 11 is 5.92. The number of amides is 1. The fourth-order valence-electron chi connectivity index (χ4n) is 2.97. The molecule has 33 heavy (non-hydrogen) atoms. The molecule has 3 rings (SSSR count). The van der Waals surface area contributed by atoms with Crippen molar-refractivity contribution in [3.05, 3.63) is 94.3 Å². The fourth-order valence-corrected chi connectivity index (χ4v) is 4.79. The maximum atomic E-state index is 13.9. The van der Waals surface area contributed by atoms with Gasteiger partial charge in [0.2, 0.25) is 0 Å². The number of hydrogen-bond acceptors (Lipinski definition) is 5. The molecule has 0 radical (unpaired) electrons. The quantitative estimate of drug-likeness (QED) is 0.540. The van der Waals surface area contributed by atoms with Gasteiger partial charge in [-0.05, 0) is 54.1 Å². The smallest absolute Gasteiger partial charge is 0.262 e. The molecule has 6 nitrogen and oxygen atoms in total. The lowest BCUT2D eigenvalue weighted by Gasteiger charge is -2.27. The average Bonchev–Trinajstić information content (AvgIpc) is 2.75. The standard InChI is InChI=1S/C22H14ClF3N2O4S/c23-18-10-16(6-4-13(18)11-27)28-21(29)22(30,14-5-7-19(25)20(26)8-14)12-33(31,32)17-3-1-2-15(24)9-17/h1-10,30H,12H2,(H,28,29). The molecule has 1 amide bonds. The Kier molecular flexibility index (Phi) is 6.78. The van der Waals surface area contributed by atoms with E-state index in [0.29, 0.717) is 18.2 Å². The maximum absolute atomic E-state index is 13.9. The van der Waals surface area contributed by atoms with E-state index in [4.69, 9.17) is 16.9 Å². The van der Waals surface area contributed by atoms with Gasteiger partial charge in [0.1, 0.15) is 11.9 Å². The molecule has 2 N–H and O–H groups in total. The van der Waals surface area contributed by atoms with E-state index in [1.54, 1.807) is 0 Å². The molecule has 3 aromatic carbocycles. The number of nitrogens with zero attached hydrogens (tertiary/aromatic N) is 1. The van der Waals surface area contributed by atoms with Crippen molar-refractivity contribution in [3.63, 3.8) is 0 Å². The van der Waals surface area contributed by atoms with E-state index in [9.17, 15) is 31.5 Å². The van der Waals surface area contributed by atoms with E-state index in [1.807, 2.05) is 6.07 Å². The van der Waals surface area contributed by atoms with E-state index in [0.717, 1.165) is 24.3 Å². The molecular weight excluding hydrogens is 481 g/mol. The number of aliphatic hydroxyl groups is 1. The Morgan fingerprint density at radius 3 is 2.39 bits per heavy atom. The number of nitrogens with one attached hydrogen (secondary N) is 1. The van der Waals surface area contributed by atoms with Crippen LogP contribution >= 0.6 is 11.6 Å². The monoisotopic (exact) mass is 494 g/mol. The summed E-state index contributed by atoms with van der Waals surface area (Å²) in [6.45, 7) is 0. The number of hydrogen-bond donors (Lipinski definition) is 2. The molecule has 0 aromatic heterocycles. The SMILES string of the molecule is N#Cc1ccc(NC(=O)C(O)(CS(=O)(=O)c2cccc(F)c2)c2ccc(F)c(F)c2)cc1Cl. The summed E-state index contributed by atoms with van der Waals surface area (Å²) in [7, 11) is -4.50. The first kappa shape index (κ1) is 24.3. The van der Waals surface area contributed by atoms with Gasteiger partial charge in [0.15, 0.2) is 27.1 Å². The number of sulfone groups is 1. The zero-order chi connectivity index (χ0) is 24.4.